The van der Waals surface area contributed by atoms with Crippen LogP contribution < -0.4 is 0 Å². The van der Waals surface area contributed by atoms with Gasteiger partial charge >= 0.3 is 0 Å². The molecular formula is C31H64O3. The van der Waals surface area contributed by atoms with Gasteiger partial charge in [-0.3, -0.25) is 0 Å². The Kier molecular flexibility index (Phi) is 22.0. The van der Waals surface area contributed by atoms with Crippen LogP contribution in [0, 0.1) is 5.92 Å². The van der Waals surface area contributed by atoms with Gasteiger partial charge in [-0.25, -0.2) is 0 Å². The second-order valence-electron chi connectivity index (χ2n) is 11.3. The third kappa shape index (κ3) is 18.2. The predicted octanol–water partition coefficient (Wildman–Crippen LogP) is 10.6. The highest BCUT2D eigenvalue weighted by Gasteiger charge is 2.44. The standard InChI is InChI=1S/C31H64O3/c1-9-11-13-15-17-18-19-20-22-24-26-30(25-23-21-16-14-12-10-2)31(32-27(3)4,33-28(5)6)34-29(7)8/h27-30H,9-26H2,1-8H3. The van der Waals surface area contributed by atoms with Gasteiger partial charge < -0.3 is 14.2 Å². The van der Waals surface area contributed by atoms with Gasteiger partial charge in [0, 0.05) is 5.92 Å². The van der Waals surface area contributed by atoms with Gasteiger partial charge in [0.1, 0.15) is 0 Å². The van der Waals surface area contributed by atoms with E-state index < -0.39 is 5.97 Å². The van der Waals surface area contributed by atoms with Gasteiger partial charge in [0.25, 0.3) is 5.97 Å². The smallest absolute Gasteiger partial charge is 0.286 e. The highest BCUT2D eigenvalue weighted by atomic mass is 16.9. The number of unbranched alkanes of at least 4 members (excludes halogenated alkanes) is 14. The summed E-state index contributed by atoms with van der Waals surface area (Å²) >= 11 is 0. The summed E-state index contributed by atoms with van der Waals surface area (Å²) in [5, 5.41) is 0. The second-order valence-corrected chi connectivity index (χ2v) is 11.3. The first-order chi connectivity index (χ1) is 16.3. The van der Waals surface area contributed by atoms with Crippen LogP contribution >= 0.6 is 0 Å². The van der Waals surface area contributed by atoms with Gasteiger partial charge in [-0.1, -0.05) is 117 Å². The molecule has 0 aliphatic carbocycles. The fourth-order valence-corrected chi connectivity index (χ4v) is 4.90. The first-order valence-electron chi connectivity index (χ1n) is 15.3. The molecule has 0 saturated heterocycles. The quantitative estimate of drug-likeness (QED) is 0.0952. The molecule has 0 aromatic carbocycles. The van der Waals surface area contributed by atoms with E-state index in [1.54, 1.807) is 0 Å². The van der Waals surface area contributed by atoms with Crippen LogP contribution in [0.25, 0.3) is 0 Å². The highest BCUT2D eigenvalue weighted by molar-refractivity contribution is 4.76. The zero-order chi connectivity index (χ0) is 25.7. The lowest BCUT2D eigenvalue weighted by molar-refractivity contribution is -0.433. The first kappa shape index (κ1) is 33.9. The van der Waals surface area contributed by atoms with E-state index in [1.165, 1.54) is 103 Å². The molecule has 0 N–H and O–H groups in total. The molecule has 0 aliphatic heterocycles. The summed E-state index contributed by atoms with van der Waals surface area (Å²) in [6, 6.07) is 0. The Morgan fingerprint density at radius 3 is 0.941 bits per heavy atom. The molecule has 0 aromatic heterocycles. The zero-order valence-corrected chi connectivity index (χ0v) is 24.8. The third-order valence-electron chi connectivity index (χ3n) is 6.51. The average Bonchev–Trinajstić information content (AvgIpc) is 2.74. The Hall–Kier alpha value is -0.120. The molecule has 3 nitrogen and oxygen atoms in total. The maximum Gasteiger partial charge on any atom is 0.286 e. The summed E-state index contributed by atoms with van der Waals surface area (Å²) in [7, 11) is 0. The lowest BCUT2D eigenvalue weighted by atomic mass is 9.91. The molecule has 0 fully saturated rings. The topological polar surface area (TPSA) is 27.7 Å². The Morgan fingerprint density at radius 1 is 0.412 bits per heavy atom. The van der Waals surface area contributed by atoms with Crippen molar-refractivity contribution >= 4 is 0 Å². The van der Waals surface area contributed by atoms with E-state index in [2.05, 4.69) is 55.4 Å². The Bertz CT molecular complexity index is 392. The molecule has 1 unspecified atom stereocenters. The molecule has 0 saturated carbocycles. The molecular weight excluding hydrogens is 420 g/mol. The van der Waals surface area contributed by atoms with Crippen molar-refractivity contribution < 1.29 is 14.2 Å². The third-order valence-corrected chi connectivity index (χ3v) is 6.51. The predicted molar refractivity (Wildman–Crippen MR) is 149 cm³/mol. The van der Waals surface area contributed by atoms with Crippen LogP contribution in [0.5, 0.6) is 0 Å². The van der Waals surface area contributed by atoms with Gasteiger partial charge in [0.15, 0.2) is 0 Å². The minimum Gasteiger partial charge on any atom is -0.324 e. The number of rotatable bonds is 25. The van der Waals surface area contributed by atoms with Crippen molar-refractivity contribution in [3.05, 3.63) is 0 Å². The molecule has 0 radical (unpaired) electrons. The number of hydrogen-bond donors (Lipinski definition) is 0. The largest absolute Gasteiger partial charge is 0.324 e. The lowest BCUT2D eigenvalue weighted by Crippen LogP contribution is -2.50. The van der Waals surface area contributed by atoms with Gasteiger partial charge in [-0.15, -0.1) is 0 Å². The van der Waals surface area contributed by atoms with Crippen LogP contribution in [-0.4, -0.2) is 24.3 Å². The van der Waals surface area contributed by atoms with Crippen LogP contribution in [-0.2, 0) is 14.2 Å². The zero-order valence-electron chi connectivity index (χ0n) is 24.8. The minimum atomic E-state index is -0.931. The van der Waals surface area contributed by atoms with Crippen molar-refractivity contribution in [2.24, 2.45) is 5.92 Å². The van der Waals surface area contributed by atoms with Gasteiger partial charge in [0.05, 0.1) is 18.3 Å². The van der Waals surface area contributed by atoms with Gasteiger partial charge in [-0.2, -0.15) is 0 Å². The van der Waals surface area contributed by atoms with Crippen molar-refractivity contribution in [1.29, 1.82) is 0 Å². The van der Waals surface area contributed by atoms with Crippen molar-refractivity contribution in [1.82, 2.24) is 0 Å². The highest BCUT2D eigenvalue weighted by Crippen LogP contribution is 2.37. The van der Waals surface area contributed by atoms with E-state index in [9.17, 15) is 0 Å². The molecule has 1 atom stereocenters. The van der Waals surface area contributed by atoms with Crippen LogP contribution in [0.1, 0.15) is 171 Å². The maximum absolute atomic E-state index is 6.52. The number of ether oxygens (including phenoxy) is 3. The molecule has 34 heavy (non-hydrogen) atoms. The SMILES string of the molecule is CCCCCCCCCCCCC(CCCCCCCC)C(OC(C)C)(OC(C)C)OC(C)C. The fourth-order valence-electron chi connectivity index (χ4n) is 4.90. The van der Waals surface area contributed by atoms with Crippen LogP contribution in [0.4, 0.5) is 0 Å². The van der Waals surface area contributed by atoms with Crippen molar-refractivity contribution in [3.8, 4) is 0 Å². The van der Waals surface area contributed by atoms with Crippen LogP contribution in [0.2, 0.25) is 0 Å². The summed E-state index contributed by atoms with van der Waals surface area (Å²) in [6.07, 6.45) is 24.0. The minimum absolute atomic E-state index is 0.0669. The summed E-state index contributed by atoms with van der Waals surface area (Å²) in [5.41, 5.74) is 0. The molecule has 0 aromatic rings. The molecule has 0 aliphatic rings. The summed E-state index contributed by atoms with van der Waals surface area (Å²) in [4.78, 5) is 0. The first-order valence-corrected chi connectivity index (χ1v) is 15.3. The van der Waals surface area contributed by atoms with Gasteiger partial charge in [-0.05, 0) is 54.4 Å². The van der Waals surface area contributed by atoms with E-state index >= 15 is 0 Å². The Balaban J connectivity index is 4.95. The van der Waals surface area contributed by atoms with E-state index in [0.717, 1.165) is 12.8 Å². The summed E-state index contributed by atoms with van der Waals surface area (Å²) in [5.74, 6) is -0.654. The maximum atomic E-state index is 6.52. The summed E-state index contributed by atoms with van der Waals surface area (Å²) in [6.45, 7) is 17.2. The van der Waals surface area contributed by atoms with Gasteiger partial charge in [0.2, 0.25) is 0 Å². The van der Waals surface area contributed by atoms with E-state index in [1.807, 2.05) is 0 Å². The molecule has 3 heteroatoms. The lowest BCUT2D eigenvalue weighted by Gasteiger charge is -2.43. The molecule has 0 bridgehead atoms. The van der Waals surface area contributed by atoms with E-state index in [-0.39, 0.29) is 24.2 Å². The van der Waals surface area contributed by atoms with Crippen molar-refractivity contribution in [2.45, 2.75) is 195 Å². The Morgan fingerprint density at radius 2 is 0.676 bits per heavy atom. The van der Waals surface area contributed by atoms with E-state index in [0.29, 0.717) is 0 Å². The van der Waals surface area contributed by atoms with Crippen LogP contribution in [0.15, 0.2) is 0 Å². The molecule has 206 valence electrons. The van der Waals surface area contributed by atoms with E-state index in [4.69, 9.17) is 14.2 Å². The normalized spacial score (nSPS) is 13.5. The van der Waals surface area contributed by atoms with Crippen molar-refractivity contribution in [2.75, 3.05) is 0 Å². The number of hydrogen-bond acceptors (Lipinski definition) is 3. The molecule has 0 heterocycles. The monoisotopic (exact) mass is 484 g/mol. The average molecular weight is 485 g/mol. The summed E-state index contributed by atoms with van der Waals surface area (Å²) < 4.78 is 19.5. The second kappa shape index (κ2) is 22.1. The van der Waals surface area contributed by atoms with Crippen LogP contribution in [0.3, 0.4) is 0 Å². The molecule has 0 amide bonds. The van der Waals surface area contributed by atoms with Crippen molar-refractivity contribution in [3.63, 3.8) is 0 Å². The molecule has 0 rings (SSSR count). The Labute approximate surface area is 215 Å². The molecule has 0 spiro atoms. The fraction of sp³-hybridized carbons (Fsp3) is 1.00.